The first kappa shape index (κ1) is 20.4. The Kier molecular flexibility index (Phi) is 5.46. The molecule has 1 N–H and O–H groups in total. The van der Waals surface area contributed by atoms with Crippen LogP contribution in [0.1, 0.15) is 11.1 Å². The summed E-state index contributed by atoms with van der Waals surface area (Å²) in [6, 6.07) is 17.5. The molecule has 158 valence electrons. The van der Waals surface area contributed by atoms with E-state index in [9.17, 15) is 9.59 Å². The van der Waals surface area contributed by atoms with Crippen LogP contribution in [0.25, 0.3) is 17.2 Å². The van der Waals surface area contributed by atoms with Gasteiger partial charge in [-0.25, -0.2) is 0 Å². The van der Waals surface area contributed by atoms with Gasteiger partial charge < -0.3 is 15.0 Å². The SMILES string of the molecule is O=C1NC(=S)SC1=Cc1ccc2c(c1)N(Cc1cccc(-c3ccncc3)c1)C(=O)CO2. The van der Waals surface area contributed by atoms with Crippen LogP contribution in [0, 0.1) is 0 Å². The predicted octanol–water partition coefficient (Wildman–Crippen LogP) is 4.16. The molecule has 1 fully saturated rings. The minimum absolute atomic E-state index is 0.00991. The number of pyridine rings is 1. The van der Waals surface area contributed by atoms with Gasteiger partial charge in [0.15, 0.2) is 6.61 Å². The van der Waals surface area contributed by atoms with Crippen LogP contribution in [0.2, 0.25) is 0 Å². The van der Waals surface area contributed by atoms with E-state index >= 15 is 0 Å². The fraction of sp³-hybridized carbons (Fsp3) is 0.0833. The van der Waals surface area contributed by atoms with Gasteiger partial charge in [0.2, 0.25) is 0 Å². The lowest BCUT2D eigenvalue weighted by Gasteiger charge is -2.30. The Hall–Kier alpha value is -3.49. The summed E-state index contributed by atoms with van der Waals surface area (Å²) in [5, 5.41) is 2.61. The molecule has 32 heavy (non-hydrogen) atoms. The van der Waals surface area contributed by atoms with Crippen molar-refractivity contribution in [2.45, 2.75) is 6.54 Å². The Morgan fingerprint density at radius 2 is 1.94 bits per heavy atom. The highest BCUT2D eigenvalue weighted by Gasteiger charge is 2.27. The summed E-state index contributed by atoms with van der Waals surface area (Å²) in [4.78, 5) is 31.1. The van der Waals surface area contributed by atoms with E-state index in [-0.39, 0.29) is 18.4 Å². The largest absolute Gasteiger partial charge is 0.482 e. The summed E-state index contributed by atoms with van der Waals surface area (Å²) in [6.07, 6.45) is 5.28. The molecule has 0 saturated carbocycles. The Bertz CT molecular complexity index is 1270. The molecule has 1 aromatic heterocycles. The minimum Gasteiger partial charge on any atom is -0.482 e. The predicted molar refractivity (Wildman–Crippen MR) is 129 cm³/mol. The van der Waals surface area contributed by atoms with E-state index in [2.05, 4.69) is 16.4 Å². The molecule has 0 radical (unpaired) electrons. The second kappa shape index (κ2) is 8.57. The fourth-order valence-corrected chi connectivity index (χ4v) is 4.68. The van der Waals surface area contributed by atoms with Crippen LogP contribution in [0.3, 0.4) is 0 Å². The number of carbonyl (C=O) groups excluding carboxylic acids is 2. The topological polar surface area (TPSA) is 71.5 Å². The van der Waals surface area contributed by atoms with Gasteiger partial charge in [-0.05, 0) is 58.7 Å². The maximum Gasteiger partial charge on any atom is 0.265 e. The quantitative estimate of drug-likeness (QED) is 0.467. The number of amides is 2. The number of carbonyl (C=O) groups is 2. The van der Waals surface area contributed by atoms with Gasteiger partial charge in [0, 0.05) is 12.4 Å². The zero-order valence-electron chi connectivity index (χ0n) is 16.8. The molecule has 6 nitrogen and oxygen atoms in total. The smallest absolute Gasteiger partial charge is 0.265 e. The van der Waals surface area contributed by atoms with Crippen molar-refractivity contribution in [1.29, 1.82) is 0 Å². The third-order valence-electron chi connectivity index (χ3n) is 5.15. The van der Waals surface area contributed by atoms with Crippen molar-refractivity contribution in [2.24, 2.45) is 0 Å². The van der Waals surface area contributed by atoms with Crippen molar-refractivity contribution in [2.75, 3.05) is 11.5 Å². The van der Waals surface area contributed by atoms with Gasteiger partial charge in [-0.1, -0.05) is 48.2 Å². The second-order valence-corrected chi connectivity index (χ2v) is 9.00. The molecular formula is C24H17N3O3S2. The maximum absolute atomic E-state index is 12.8. The number of rotatable bonds is 4. The number of ether oxygens (including phenoxy) is 1. The summed E-state index contributed by atoms with van der Waals surface area (Å²) < 4.78 is 6.07. The molecular weight excluding hydrogens is 442 g/mol. The van der Waals surface area contributed by atoms with Crippen LogP contribution in [-0.4, -0.2) is 27.7 Å². The van der Waals surface area contributed by atoms with Gasteiger partial charge in [0.1, 0.15) is 10.1 Å². The van der Waals surface area contributed by atoms with Crippen molar-refractivity contribution >= 4 is 51.9 Å². The number of nitrogens with zero attached hydrogens (tertiary/aromatic N) is 2. The van der Waals surface area contributed by atoms with E-state index in [1.807, 2.05) is 48.5 Å². The number of fused-ring (bicyclic) bond motifs is 1. The van der Waals surface area contributed by atoms with Gasteiger partial charge in [0.05, 0.1) is 17.1 Å². The van der Waals surface area contributed by atoms with E-state index in [1.54, 1.807) is 23.4 Å². The van der Waals surface area contributed by atoms with E-state index in [4.69, 9.17) is 17.0 Å². The molecule has 5 rings (SSSR count). The van der Waals surface area contributed by atoms with Gasteiger partial charge >= 0.3 is 0 Å². The lowest BCUT2D eigenvalue weighted by Crippen LogP contribution is -2.38. The van der Waals surface area contributed by atoms with Crippen LogP contribution >= 0.6 is 24.0 Å². The molecule has 0 bridgehead atoms. The third kappa shape index (κ3) is 4.15. The average molecular weight is 460 g/mol. The highest BCUT2D eigenvalue weighted by atomic mass is 32.2. The Morgan fingerprint density at radius 1 is 1.09 bits per heavy atom. The van der Waals surface area contributed by atoms with Crippen LogP contribution in [0.5, 0.6) is 5.75 Å². The first-order valence-electron chi connectivity index (χ1n) is 9.88. The van der Waals surface area contributed by atoms with Crippen molar-refractivity contribution in [1.82, 2.24) is 10.3 Å². The van der Waals surface area contributed by atoms with E-state index in [1.165, 1.54) is 11.8 Å². The summed E-state index contributed by atoms with van der Waals surface area (Å²) in [6.45, 7) is 0.400. The zero-order chi connectivity index (χ0) is 22.1. The van der Waals surface area contributed by atoms with Crippen molar-refractivity contribution < 1.29 is 14.3 Å². The highest BCUT2D eigenvalue weighted by molar-refractivity contribution is 8.26. The van der Waals surface area contributed by atoms with Crippen molar-refractivity contribution in [3.05, 3.63) is 83.0 Å². The molecule has 0 aliphatic carbocycles. The van der Waals surface area contributed by atoms with E-state index in [0.717, 1.165) is 22.3 Å². The van der Waals surface area contributed by atoms with Crippen LogP contribution in [0.15, 0.2) is 71.9 Å². The highest BCUT2D eigenvalue weighted by Crippen LogP contribution is 2.36. The lowest BCUT2D eigenvalue weighted by molar-refractivity contribution is -0.121. The lowest BCUT2D eigenvalue weighted by atomic mass is 10.0. The molecule has 2 amide bonds. The molecule has 3 heterocycles. The number of aromatic nitrogens is 1. The zero-order valence-corrected chi connectivity index (χ0v) is 18.4. The fourth-order valence-electron chi connectivity index (χ4n) is 3.63. The number of thiocarbonyl (C=S) groups is 1. The van der Waals surface area contributed by atoms with Gasteiger partial charge in [-0.15, -0.1) is 0 Å². The monoisotopic (exact) mass is 459 g/mol. The summed E-state index contributed by atoms with van der Waals surface area (Å²) in [5.41, 5.74) is 4.59. The van der Waals surface area contributed by atoms with E-state index in [0.29, 0.717) is 27.2 Å². The van der Waals surface area contributed by atoms with Crippen LogP contribution in [0.4, 0.5) is 5.69 Å². The minimum atomic E-state index is -0.213. The number of anilines is 1. The van der Waals surface area contributed by atoms with Gasteiger partial charge in [-0.2, -0.15) is 0 Å². The molecule has 2 aliphatic rings. The number of benzene rings is 2. The normalized spacial score (nSPS) is 16.7. The van der Waals surface area contributed by atoms with Crippen molar-refractivity contribution in [3.8, 4) is 16.9 Å². The molecule has 8 heteroatoms. The average Bonchev–Trinajstić information content (AvgIpc) is 3.13. The molecule has 3 aromatic rings. The maximum atomic E-state index is 12.8. The Balaban J connectivity index is 1.46. The van der Waals surface area contributed by atoms with Crippen LogP contribution < -0.4 is 15.0 Å². The van der Waals surface area contributed by atoms with Gasteiger partial charge in [-0.3, -0.25) is 14.6 Å². The molecule has 2 aromatic carbocycles. The number of thioether (sulfide) groups is 1. The number of hydrogen-bond acceptors (Lipinski definition) is 6. The first-order chi connectivity index (χ1) is 15.6. The summed E-state index contributed by atoms with van der Waals surface area (Å²) >= 11 is 6.28. The molecule has 1 saturated heterocycles. The standard InChI is InChI=1S/C24H17N3O3S2/c28-22-14-30-20-5-4-15(12-21-23(29)26-24(31)32-21)11-19(20)27(22)13-16-2-1-3-18(10-16)17-6-8-25-9-7-17/h1-12H,13-14H2,(H,26,29,31). The second-order valence-electron chi connectivity index (χ2n) is 7.28. The summed E-state index contributed by atoms with van der Waals surface area (Å²) in [7, 11) is 0. The number of nitrogens with one attached hydrogen (secondary N) is 1. The molecule has 0 atom stereocenters. The Morgan fingerprint density at radius 3 is 2.72 bits per heavy atom. The van der Waals surface area contributed by atoms with Gasteiger partial charge in [0.25, 0.3) is 11.8 Å². The number of hydrogen-bond donors (Lipinski definition) is 1. The van der Waals surface area contributed by atoms with Crippen LogP contribution in [-0.2, 0) is 16.1 Å². The first-order valence-corrected chi connectivity index (χ1v) is 11.1. The van der Waals surface area contributed by atoms with Crippen molar-refractivity contribution in [3.63, 3.8) is 0 Å². The summed E-state index contributed by atoms with van der Waals surface area (Å²) in [5.74, 6) is 0.302. The Labute approximate surface area is 194 Å². The molecule has 2 aliphatic heterocycles. The molecule has 0 unspecified atom stereocenters. The molecule has 0 spiro atoms. The third-order valence-corrected chi connectivity index (χ3v) is 6.31. The van der Waals surface area contributed by atoms with E-state index < -0.39 is 0 Å².